The van der Waals surface area contributed by atoms with E-state index in [4.69, 9.17) is 5.73 Å². The van der Waals surface area contributed by atoms with Gasteiger partial charge in [0.1, 0.15) is 0 Å². The van der Waals surface area contributed by atoms with Crippen LogP contribution >= 0.6 is 0 Å². The lowest BCUT2D eigenvalue weighted by Crippen LogP contribution is -2.32. The van der Waals surface area contributed by atoms with E-state index in [1.807, 2.05) is 32.0 Å². The largest absolute Gasteiger partial charge is 0.397 e. The number of carbonyl (C=O) groups is 1. The predicted molar refractivity (Wildman–Crippen MR) is 82.4 cm³/mol. The molecule has 0 radical (unpaired) electrons. The van der Waals surface area contributed by atoms with Gasteiger partial charge in [-0.2, -0.15) is 0 Å². The normalized spacial score (nSPS) is 10.4. The molecule has 1 amide bonds. The summed E-state index contributed by atoms with van der Waals surface area (Å²) < 4.78 is 0. The van der Waals surface area contributed by atoms with Crippen LogP contribution in [-0.4, -0.2) is 27.3 Å². The quantitative estimate of drug-likeness (QED) is 0.911. The molecule has 0 saturated carbocycles. The smallest absolute Gasteiger partial charge is 0.228 e. The van der Waals surface area contributed by atoms with Crippen molar-refractivity contribution in [3.8, 4) is 0 Å². The fourth-order valence-corrected chi connectivity index (χ4v) is 2.07. The second-order valence-corrected chi connectivity index (χ2v) is 4.94. The standard InChI is InChI=1S/C16H20N4O/c1-3-20(11-15-6-4-5-12(2)19-15)16(21)9-14-8-7-13(17)10-18-14/h4-8,10H,3,9,11,17H2,1-2H3. The first-order chi connectivity index (χ1) is 10.1. The van der Waals surface area contributed by atoms with Gasteiger partial charge in [0.15, 0.2) is 0 Å². The first kappa shape index (κ1) is 15.0. The van der Waals surface area contributed by atoms with Gasteiger partial charge in [0.25, 0.3) is 0 Å². The third kappa shape index (κ3) is 4.27. The first-order valence-corrected chi connectivity index (χ1v) is 6.99. The van der Waals surface area contributed by atoms with Crippen LogP contribution in [0.2, 0.25) is 0 Å². The van der Waals surface area contributed by atoms with Crippen LogP contribution < -0.4 is 5.73 Å². The molecule has 0 aliphatic heterocycles. The van der Waals surface area contributed by atoms with E-state index in [1.165, 1.54) is 0 Å². The lowest BCUT2D eigenvalue weighted by atomic mass is 10.2. The van der Waals surface area contributed by atoms with Crippen LogP contribution in [0.3, 0.4) is 0 Å². The molecule has 0 spiro atoms. The van der Waals surface area contributed by atoms with E-state index < -0.39 is 0 Å². The zero-order valence-corrected chi connectivity index (χ0v) is 12.4. The molecular weight excluding hydrogens is 264 g/mol. The lowest BCUT2D eigenvalue weighted by Gasteiger charge is -2.20. The number of hydrogen-bond acceptors (Lipinski definition) is 4. The van der Waals surface area contributed by atoms with E-state index in [1.54, 1.807) is 23.2 Å². The molecule has 0 aliphatic carbocycles. The highest BCUT2D eigenvalue weighted by molar-refractivity contribution is 5.78. The molecule has 2 rings (SSSR count). The van der Waals surface area contributed by atoms with Gasteiger partial charge >= 0.3 is 0 Å². The van der Waals surface area contributed by atoms with Crippen molar-refractivity contribution in [2.24, 2.45) is 0 Å². The first-order valence-electron chi connectivity index (χ1n) is 6.99. The van der Waals surface area contributed by atoms with Crippen molar-refractivity contribution in [2.45, 2.75) is 26.8 Å². The predicted octanol–water partition coefficient (Wildman–Crippen LogP) is 1.96. The number of nitrogens with two attached hydrogens (primary N) is 1. The molecule has 0 aliphatic rings. The number of likely N-dealkylation sites (N-methyl/N-ethyl adjacent to an activating group) is 1. The SMILES string of the molecule is CCN(Cc1cccc(C)n1)C(=O)Cc1ccc(N)cn1. The monoisotopic (exact) mass is 284 g/mol. The summed E-state index contributed by atoms with van der Waals surface area (Å²) in [6.07, 6.45) is 1.85. The number of hydrogen-bond donors (Lipinski definition) is 1. The number of nitrogen functional groups attached to an aromatic ring is 1. The highest BCUT2D eigenvalue weighted by Gasteiger charge is 2.14. The van der Waals surface area contributed by atoms with E-state index >= 15 is 0 Å². The van der Waals surface area contributed by atoms with E-state index in [0.29, 0.717) is 18.8 Å². The summed E-state index contributed by atoms with van der Waals surface area (Å²) in [4.78, 5) is 22.7. The summed E-state index contributed by atoms with van der Waals surface area (Å²) in [5.74, 6) is 0.0399. The second kappa shape index (κ2) is 6.83. The number of anilines is 1. The second-order valence-electron chi connectivity index (χ2n) is 4.94. The number of aromatic nitrogens is 2. The molecule has 0 unspecified atom stereocenters. The molecule has 2 N–H and O–H groups in total. The van der Waals surface area contributed by atoms with Crippen molar-refractivity contribution in [3.63, 3.8) is 0 Å². The lowest BCUT2D eigenvalue weighted by molar-refractivity contribution is -0.131. The molecule has 5 nitrogen and oxygen atoms in total. The molecule has 2 aromatic heterocycles. The van der Waals surface area contributed by atoms with Crippen molar-refractivity contribution in [3.05, 3.63) is 53.6 Å². The minimum atomic E-state index is 0.0399. The molecule has 0 bridgehead atoms. The summed E-state index contributed by atoms with van der Waals surface area (Å²) in [7, 11) is 0. The number of pyridine rings is 2. The zero-order chi connectivity index (χ0) is 15.2. The van der Waals surface area contributed by atoms with E-state index in [0.717, 1.165) is 17.1 Å². The number of carbonyl (C=O) groups excluding carboxylic acids is 1. The van der Waals surface area contributed by atoms with E-state index in [9.17, 15) is 4.79 Å². The van der Waals surface area contributed by atoms with Gasteiger partial charge in [0.2, 0.25) is 5.91 Å². The Kier molecular flexibility index (Phi) is 4.87. The third-order valence-electron chi connectivity index (χ3n) is 3.21. The molecule has 5 heteroatoms. The maximum Gasteiger partial charge on any atom is 0.228 e. The fourth-order valence-electron chi connectivity index (χ4n) is 2.07. The molecule has 0 saturated heterocycles. The van der Waals surface area contributed by atoms with Crippen LogP contribution in [0.25, 0.3) is 0 Å². The van der Waals surface area contributed by atoms with Gasteiger partial charge < -0.3 is 10.6 Å². The van der Waals surface area contributed by atoms with Gasteiger partial charge in [0.05, 0.1) is 30.5 Å². The van der Waals surface area contributed by atoms with Crippen LogP contribution in [-0.2, 0) is 17.8 Å². The molecule has 0 aromatic carbocycles. The Balaban J connectivity index is 2.03. The van der Waals surface area contributed by atoms with Crippen molar-refractivity contribution < 1.29 is 4.79 Å². The van der Waals surface area contributed by atoms with Crippen molar-refractivity contribution in [2.75, 3.05) is 12.3 Å². The average molecular weight is 284 g/mol. The van der Waals surface area contributed by atoms with Gasteiger partial charge in [-0.25, -0.2) is 0 Å². The molecule has 110 valence electrons. The summed E-state index contributed by atoms with van der Waals surface area (Å²) >= 11 is 0. The molecule has 2 heterocycles. The van der Waals surface area contributed by atoms with E-state index in [2.05, 4.69) is 9.97 Å². The molecular formula is C16H20N4O. The van der Waals surface area contributed by atoms with Gasteiger partial charge in [-0.3, -0.25) is 14.8 Å². The van der Waals surface area contributed by atoms with Gasteiger partial charge in [-0.1, -0.05) is 6.07 Å². The van der Waals surface area contributed by atoms with Gasteiger partial charge in [-0.15, -0.1) is 0 Å². The van der Waals surface area contributed by atoms with Gasteiger partial charge in [-0.05, 0) is 38.1 Å². The topological polar surface area (TPSA) is 72.1 Å². The number of amides is 1. The van der Waals surface area contributed by atoms with E-state index in [-0.39, 0.29) is 12.3 Å². The Morgan fingerprint density at radius 3 is 2.67 bits per heavy atom. The Morgan fingerprint density at radius 1 is 1.24 bits per heavy atom. The molecule has 0 fully saturated rings. The highest BCUT2D eigenvalue weighted by Crippen LogP contribution is 2.07. The van der Waals surface area contributed by atoms with Crippen molar-refractivity contribution in [1.82, 2.24) is 14.9 Å². The fraction of sp³-hybridized carbons (Fsp3) is 0.312. The van der Waals surface area contributed by atoms with Crippen molar-refractivity contribution in [1.29, 1.82) is 0 Å². The minimum absolute atomic E-state index is 0.0399. The van der Waals surface area contributed by atoms with Crippen LogP contribution in [0.5, 0.6) is 0 Å². The average Bonchev–Trinajstić information content (AvgIpc) is 2.47. The van der Waals surface area contributed by atoms with Crippen LogP contribution in [0.4, 0.5) is 5.69 Å². The Labute approximate surface area is 124 Å². The van der Waals surface area contributed by atoms with Crippen LogP contribution in [0.15, 0.2) is 36.5 Å². The molecule has 21 heavy (non-hydrogen) atoms. The highest BCUT2D eigenvalue weighted by atomic mass is 16.2. The maximum atomic E-state index is 12.3. The van der Waals surface area contributed by atoms with Gasteiger partial charge in [0, 0.05) is 17.9 Å². The summed E-state index contributed by atoms with van der Waals surface area (Å²) in [5.41, 5.74) is 8.77. The summed E-state index contributed by atoms with van der Waals surface area (Å²) in [6.45, 7) is 5.07. The molecule has 2 aromatic rings. The zero-order valence-electron chi connectivity index (χ0n) is 12.4. The minimum Gasteiger partial charge on any atom is -0.397 e. The maximum absolute atomic E-state index is 12.3. The van der Waals surface area contributed by atoms with Crippen LogP contribution in [0.1, 0.15) is 24.0 Å². The molecule has 0 atom stereocenters. The third-order valence-corrected chi connectivity index (χ3v) is 3.21. The number of rotatable bonds is 5. The van der Waals surface area contributed by atoms with Crippen LogP contribution in [0, 0.1) is 6.92 Å². The number of aryl methyl sites for hydroxylation is 1. The summed E-state index contributed by atoms with van der Waals surface area (Å²) in [6, 6.07) is 9.38. The number of nitrogens with zero attached hydrogens (tertiary/aromatic N) is 3. The Bertz CT molecular complexity index is 610. The Hall–Kier alpha value is -2.43. The van der Waals surface area contributed by atoms with Crippen molar-refractivity contribution >= 4 is 11.6 Å². The summed E-state index contributed by atoms with van der Waals surface area (Å²) in [5, 5.41) is 0. The Morgan fingerprint density at radius 2 is 2.05 bits per heavy atom.